The van der Waals surface area contributed by atoms with Gasteiger partial charge in [-0.15, -0.1) is 0 Å². The molecule has 1 heterocycles. The second-order valence-corrected chi connectivity index (χ2v) is 6.12. The molecule has 88 valence electrons. The fourth-order valence-electron chi connectivity index (χ4n) is 2.10. The van der Waals surface area contributed by atoms with Crippen LogP contribution < -0.4 is 5.73 Å². The lowest BCUT2D eigenvalue weighted by molar-refractivity contribution is 0.407. The Hall–Kier alpha value is -0.910. The van der Waals surface area contributed by atoms with E-state index < -0.39 is 10.0 Å². The topological polar surface area (TPSA) is 63.4 Å². The van der Waals surface area contributed by atoms with Crippen molar-refractivity contribution in [1.29, 1.82) is 0 Å². The second kappa shape index (κ2) is 4.16. The number of nitrogens with zero attached hydrogens (tertiary/aromatic N) is 1. The predicted octanol–water partition coefficient (Wildman–Crippen LogP) is 0.797. The number of nitrogens with two attached hydrogens (primary N) is 1. The average molecular weight is 240 g/mol. The first-order chi connectivity index (χ1) is 7.51. The van der Waals surface area contributed by atoms with Gasteiger partial charge in [0.15, 0.2) is 0 Å². The highest BCUT2D eigenvalue weighted by molar-refractivity contribution is 7.89. The molecule has 0 unspecified atom stereocenters. The van der Waals surface area contributed by atoms with Gasteiger partial charge in [-0.1, -0.05) is 18.2 Å². The molecule has 1 aromatic rings. The molecule has 5 heteroatoms. The van der Waals surface area contributed by atoms with Gasteiger partial charge in [-0.3, -0.25) is 0 Å². The van der Waals surface area contributed by atoms with Crippen LogP contribution in [0.3, 0.4) is 0 Å². The van der Waals surface area contributed by atoms with E-state index in [2.05, 4.69) is 0 Å². The van der Waals surface area contributed by atoms with E-state index in [9.17, 15) is 8.42 Å². The fraction of sp³-hybridized carbons (Fsp3) is 0.455. The number of benzene rings is 1. The summed E-state index contributed by atoms with van der Waals surface area (Å²) >= 11 is 0. The molecule has 0 spiro atoms. The molecular formula is C11H16N2O2S. The zero-order valence-corrected chi connectivity index (χ0v) is 10.0. The lowest BCUT2D eigenvalue weighted by atomic mass is 10.2. The highest BCUT2D eigenvalue weighted by Crippen LogP contribution is 2.24. The van der Waals surface area contributed by atoms with E-state index in [0.717, 1.165) is 6.42 Å². The minimum Gasteiger partial charge on any atom is -0.326 e. The number of rotatable bonds is 2. The third-order valence-electron chi connectivity index (χ3n) is 2.90. The van der Waals surface area contributed by atoms with E-state index >= 15 is 0 Å². The van der Waals surface area contributed by atoms with Crippen LogP contribution in [0.4, 0.5) is 0 Å². The summed E-state index contributed by atoms with van der Waals surface area (Å²) in [6, 6.07) is 8.44. The average Bonchev–Trinajstić information content (AvgIpc) is 2.60. The summed E-state index contributed by atoms with van der Waals surface area (Å²) in [7, 11) is -3.37. The first-order valence-corrected chi connectivity index (χ1v) is 6.78. The summed E-state index contributed by atoms with van der Waals surface area (Å²) < 4.78 is 26.0. The Morgan fingerprint density at radius 1 is 1.31 bits per heavy atom. The molecular weight excluding hydrogens is 224 g/mol. The number of hydrogen-bond acceptors (Lipinski definition) is 3. The van der Waals surface area contributed by atoms with Crippen molar-refractivity contribution in [3.63, 3.8) is 0 Å². The lowest BCUT2D eigenvalue weighted by Crippen LogP contribution is -2.35. The van der Waals surface area contributed by atoms with Gasteiger partial charge in [-0.25, -0.2) is 8.42 Å². The van der Waals surface area contributed by atoms with E-state index in [1.807, 2.05) is 6.92 Å². The molecule has 1 fully saturated rings. The van der Waals surface area contributed by atoms with E-state index in [1.54, 1.807) is 30.3 Å². The van der Waals surface area contributed by atoms with E-state index in [1.165, 1.54) is 4.31 Å². The van der Waals surface area contributed by atoms with Gasteiger partial charge in [-0.05, 0) is 25.5 Å². The Bertz CT molecular complexity index is 458. The van der Waals surface area contributed by atoms with Crippen LogP contribution >= 0.6 is 0 Å². The van der Waals surface area contributed by atoms with Crippen molar-refractivity contribution in [2.75, 3.05) is 6.54 Å². The Morgan fingerprint density at radius 3 is 2.44 bits per heavy atom. The van der Waals surface area contributed by atoms with Gasteiger partial charge in [0.05, 0.1) is 4.90 Å². The first-order valence-electron chi connectivity index (χ1n) is 5.34. The maximum Gasteiger partial charge on any atom is 0.243 e. The standard InChI is InChI=1S/C11H16N2O2S/c1-9-7-10(12)8-13(9)16(14,15)11-5-3-2-4-6-11/h2-6,9-10H,7-8,12H2,1H3/t9-,10+/m1/s1. The van der Waals surface area contributed by atoms with Crippen LogP contribution in [0.25, 0.3) is 0 Å². The largest absolute Gasteiger partial charge is 0.326 e. The molecule has 16 heavy (non-hydrogen) atoms. The van der Waals surface area contributed by atoms with Gasteiger partial charge in [0, 0.05) is 18.6 Å². The van der Waals surface area contributed by atoms with Crippen LogP contribution in [0, 0.1) is 0 Å². The van der Waals surface area contributed by atoms with Crippen LogP contribution in [0.15, 0.2) is 35.2 Å². The molecule has 2 rings (SSSR count). The van der Waals surface area contributed by atoms with Gasteiger partial charge in [0.2, 0.25) is 10.0 Å². The smallest absolute Gasteiger partial charge is 0.243 e. The molecule has 1 aliphatic heterocycles. The Kier molecular flexibility index (Phi) is 3.01. The third-order valence-corrected chi connectivity index (χ3v) is 4.89. The van der Waals surface area contributed by atoms with Crippen LogP contribution in [0.5, 0.6) is 0 Å². The lowest BCUT2D eigenvalue weighted by Gasteiger charge is -2.20. The molecule has 0 radical (unpaired) electrons. The highest BCUT2D eigenvalue weighted by Gasteiger charge is 2.36. The molecule has 1 saturated heterocycles. The van der Waals surface area contributed by atoms with Gasteiger partial charge >= 0.3 is 0 Å². The van der Waals surface area contributed by atoms with Crippen LogP contribution in [-0.2, 0) is 10.0 Å². The Labute approximate surface area is 96.1 Å². The molecule has 2 N–H and O–H groups in total. The van der Waals surface area contributed by atoms with Gasteiger partial charge in [0.25, 0.3) is 0 Å². The number of sulfonamides is 1. The fourth-order valence-corrected chi connectivity index (χ4v) is 3.82. The number of hydrogen-bond donors (Lipinski definition) is 1. The summed E-state index contributed by atoms with van der Waals surface area (Å²) in [4.78, 5) is 0.343. The summed E-state index contributed by atoms with van der Waals surface area (Å²) in [5.74, 6) is 0. The molecule has 0 bridgehead atoms. The summed E-state index contributed by atoms with van der Waals surface area (Å²) in [5.41, 5.74) is 5.78. The second-order valence-electron chi connectivity index (χ2n) is 4.23. The minimum absolute atomic E-state index is 0.0137. The van der Waals surface area contributed by atoms with Crippen LogP contribution in [0.2, 0.25) is 0 Å². The van der Waals surface area contributed by atoms with E-state index in [-0.39, 0.29) is 12.1 Å². The molecule has 0 saturated carbocycles. The zero-order chi connectivity index (χ0) is 11.8. The van der Waals surface area contributed by atoms with Crippen molar-refractivity contribution in [3.05, 3.63) is 30.3 Å². The van der Waals surface area contributed by atoms with Crippen molar-refractivity contribution in [2.45, 2.75) is 30.3 Å². The van der Waals surface area contributed by atoms with Crippen LogP contribution in [-0.4, -0.2) is 31.4 Å². The minimum atomic E-state index is -3.37. The van der Waals surface area contributed by atoms with Crippen molar-refractivity contribution in [3.8, 4) is 0 Å². The van der Waals surface area contributed by atoms with Gasteiger partial charge in [0.1, 0.15) is 0 Å². The third kappa shape index (κ3) is 1.98. The van der Waals surface area contributed by atoms with Crippen molar-refractivity contribution >= 4 is 10.0 Å². The molecule has 2 atom stereocenters. The van der Waals surface area contributed by atoms with Crippen molar-refractivity contribution in [2.24, 2.45) is 5.73 Å². The van der Waals surface area contributed by atoms with Gasteiger partial charge in [-0.2, -0.15) is 4.31 Å². The normalized spacial score (nSPS) is 27.1. The summed E-state index contributed by atoms with van der Waals surface area (Å²) in [5, 5.41) is 0. The predicted molar refractivity (Wildman–Crippen MR) is 62.4 cm³/mol. The molecule has 0 amide bonds. The maximum atomic E-state index is 12.3. The van der Waals surface area contributed by atoms with Gasteiger partial charge < -0.3 is 5.73 Å². The Morgan fingerprint density at radius 2 is 1.94 bits per heavy atom. The van der Waals surface area contributed by atoms with Crippen molar-refractivity contribution < 1.29 is 8.42 Å². The SMILES string of the molecule is C[C@@H]1C[C@H](N)CN1S(=O)(=O)c1ccccc1. The summed E-state index contributed by atoms with van der Waals surface area (Å²) in [6.45, 7) is 2.31. The van der Waals surface area contributed by atoms with Crippen LogP contribution in [0.1, 0.15) is 13.3 Å². The quantitative estimate of drug-likeness (QED) is 0.831. The molecule has 4 nitrogen and oxygen atoms in total. The van der Waals surface area contributed by atoms with Crippen molar-refractivity contribution in [1.82, 2.24) is 4.31 Å². The van der Waals surface area contributed by atoms with E-state index in [4.69, 9.17) is 5.73 Å². The summed E-state index contributed by atoms with van der Waals surface area (Å²) in [6.07, 6.45) is 0.728. The molecule has 1 aliphatic rings. The maximum absolute atomic E-state index is 12.3. The Balaban J connectivity index is 2.34. The molecule has 0 aromatic heterocycles. The first kappa shape index (κ1) is 11.6. The molecule has 1 aromatic carbocycles. The monoisotopic (exact) mass is 240 g/mol. The molecule has 0 aliphatic carbocycles. The van der Waals surface area contributed by atoms with E-state index in [0.29, 0.717) is 11.4 Å². The highest BCUT2D eigenvalue weighted by atomic mass is 32.2. The zero-order valence-electron chi connectivity index (χ0n) is 9.20.